The molecule has 2 aromatic heterocycles. The van der Waals surface area contributed by atoms with Crippen molar-refractivity contribution >= 4 is 43.5 Å². The fourth-order valence-electron chi connectivity index (χ4n) is 6.32. The highest BCUT2D eigenvalue weighted by Crippen LogP contribution is 2.41. The lowest BCUT2D eigenvalue weighted by Gasteiger charge is -2.10. The summed E-state index contributed by atoms with van der Waals surface area (Å²) < 4.78 is 6.34. The topological polar surface area (TPSA) is 51.8 Å². The van der Waals surface area contributed by atoms with E-state index in [4.69, 9.17) is 19.4 Å². The fourth-order valence-corrected chi connectivity index (χ4v) is 6.32. The first-order valence-corrected chi connectivity index (χ1v) is 15.0. The van der Waals surface area contributed by atoms with Crippen molar-refractivity contribution in [2.75, 3.05) is 0 Å². The number of nitrogens with zero attached hydrogens (tertiary/aromatic N) is 3. The van der Waals surface area contributed by atoms with E-state index in [0.29, 0.717) is 17.5 Å². The van der Waals surface area contributed by atoms with Crippen molar-refractivity contribution in [1.29, 1.82) is 0 Å². The van der Waals surface area contributed by atoms with E-state index in [9.17, 15) is 0 Å². The second-order valence-electron chi connectivity index (χ2n) is 11.3. The third-order valence-corrected chi connectivity index (χ3v) is 8.50. The molecule has 0 unspecified atom stereocenters. The lowest BCUT2D eigenvalue weighted by Crippen LogP contribution is -2.00. The van der Waals surface area contributed by atoms with Gasteiger partial charge in [0, 0.05) is 27.5 Å². The number of furan rings is 1. The smallest absolute Gasteiger partial charge is 0.164 e. The molecule has 9 aromatic rings. The van der Waals surface area contributed by atoms with Gasteiger partial charge in [-0.25, -0.2) is 15.0 Å². The molecule has 0 spiro atoms. The number of benzene rings is 7. The first kappa shape index (κ1) is 25.4. The molecule has 0 radical (unpaired) electrons. The number of aromatic nitrogens is 3. The first-order chi connectivity index (χ1) is 22.3. The van der Waals surface area contributed by atoms with Crippen LogP contribution in [0, 0.1) is 0 Å². The molecule has 2 heterocycles. The van der Waals surface area contributed by atoms with Gasteiger partial charge >= 0.3 is 0 Å². The van der Waals surface area contributed by atoms with Crippen molar-refractivity contribution in [2.45, 2.75) is 0 Å². The lowest BCUT2D eigenvalue weighted by molar-refractivity contribution is 0.669. The van der Waals surface area contributed by atoms with E-state index in [-0.39, 0.29) is 0 Å². The summed E-state index contributed by atoms with van der Waals surface area (Å²) in [5.74, 6) is 1.96. The van der Waals surface area contributed by atoms with Crippen LogP contribution in [0.25, 0.3) is 88.8 Å². The minimum atomic E-state index is 0.648. The average Bonchev–Trinajstić information content (AvgIpc) is 3.51. The zero-order valence-electron chi connectivity index (χ0n) is 24.2. The quantitative estimate of drug-likeness (QED) is 0.209. The van der Waals surface area contributed by atoms with Crippen molar-refractivity contribution in [2.24, 2.45) is 0 Å². The van der Waals surface area contributed by atoms with Crippen LogP contribution in [0.5, 0.6) is 0 Å². The van der Waals surface area contributed by atoms with Gasteiger partial charge < -0.3 is 4.42 Å². The molecule has 0 atom stereocenters. The summed E-state index contributed by atoms with van der Waals surface area (Å²) >= 11 is 0. The fraction of sp³-hybridized carbons (Fsp3) is 0. The maximum absolute atomic E-state index is 6.34. The Balaban J connectivity index is 1.18. The minimum Gasteiger partial charge on any atom is -0.456 e. The van der Waals surface area contributed by atoms with Crippen LogP contribution in [0.2, 0.25) is 0 Å². The first-order valence-electron chi connectivity index (χ1n) is 15.0. The normalized spacial score (nSPS) is 11.6. The SMILES string of the molecule is c1ccc(-c2nc(-c3ccccc3)nc(-c3ccc4cc(-c5cccc6oc7ccc8ccccc8c7c56)ccc4c3)n2)cc1. The highest BCUT2D eigenvalue weighted by molar-refractivity contribution is 6.22. The largest absolute Gasteiger partial charge is 0.456 e. The Labute approximate surface area is 259 Å². The predicted octanol–water partition coefficient (Wildman–Crippen LogP) is 10.7. The van der Waals surface area contributed by atoms with E-state index >= 15 is 0 Å². The van der Waals surface area contributed by atoms with Gasteiger partial charge in [-0.2, -0.15) is 0 Å². The molecular weight excluding hydrogens is 550 g/mol. The van der Waals surface area contributed by atoms with Gasteiger partial charge in [-0.05, 0) is 56.9 Å². The molecule has 4 nitrogen and oxygen atoms in total. The summed E-state index contributed by atoms with van der Waals surface area (Å²) in [6, 6.07) is 52.2. The van der Waals surface area contributed by atoms with E-state index in [0.717, 1.165) is 60.5 Å². The van der Waals surface area contributed by atoms with Gasteiger partial charge in [0.05, 0.1) is 0 Å². The van der Waals surface area contributed by atoms with Crippen LogP contribution in [0.3, 0.4) is 0 Å². The van der Waals surface area contributed by atoms with Gasteiger partial charge in [0.1, 0.15) is 11.2 Å². The zero-order chi connectivity index (χ0) is 29.7. The molecule has 0 aliphatic rings. The molecule has 4 heteroatoms. The van der Waals surface area contributed by atoms with Gasteiger partial charge in [0.25, 0.3) is 0 Å². The molecule has 7 aromatic carbocycles. The summed E-state index contributed by atoms with van der Waals surface area (Å²) in [5, 5.41) is 6.98. The number of hydrogen-bond donors (Lipinski definition) is 0. The van der Waals surface area contributed by atoms with E-state index in [1.807, 2.05) is 60.7 Å². The highest BCUT2D eigenvalue weighted by Gasteiger charge is 2.16. The Morgan fingerprint density at radius 3 is 1.62 bits per heavy atom. The third-order valence-electron chi connectivity index (χ3n) is 8.50. The van der Waals surface area contributed by atoms with Gasteiger partial charge in [-0.3, -0.25) is 0 Å². The summed E-state index contributed by atoms with van der Waals surface area (Å²) in [4.78, 5) is 14.7. The zero-order valence-corrected chi connectivity index (χ0v) is 24.2. The summed E-state index contributed by atoms with van der Waals surface area (Å²) in [5.41, 5.74) is 6.97. The van der Waals surface area contributed by atoms with Crippen molar-refractivity contribution in [3.8, 4) is 45.3 Å². The summed E-state index contributed by atoms with van der Waals surface area (Å²) in [7, 11) is 0. The Bertz CT molecular complexity index is 2480. The van der Waals surface area contributed by atoms with E-state index < -0.39 is 0 Å². The van der Waals surface area contributed by atoms with Crippen molar-refractivity contribution in [3.63, 3.8) is 0 Å². The lowest BCUT2D eigenvalue weighted by atomic mass is 9.95. The van der Waals surface area contributed by atoms with Gasteiger partial charge in [-0.1, -0.05) is 127 Å². The van der Waals surface area contributed by atoms with Crippen LogP contribution in [0.1, 0.15) is 0 Å². The average molecular weight is 576 g/mol. The molecular formula is C41H25N3O. The number of hydrogen-bond acceptors (Lipinski definition) is 4. The van der Waals surface area contributed by atoms with Gasteiger partial charge in [0.15, 0.2) is 17.5 Å². The Kier molecular flexibility index (Phi) is 5.78. The second-order valence-corrected chi connectivity index (χ2v) is 11.3. The number of fused-ring (bicyclic) bond motifs is 6. The van der Waals surface area contributed by atoms with Crippen molar-refractivity contribution in [1.82, 2.24) is 15.0 Å². The maximum atomic E-state index is 6.34. The molecule has 0 bridgehead atoms. The monoisotopic (exact) mass is 575 g/mol. The Hall–Kier alpha value is -6.13. The number of rotatable bonds is 4. The van der Waals surface area contributed by atoms with E-state index in [2.05, 4.69) is 91.0 Å². The summed E-state index contributed by atoms with van der Waals surface area (Å²) in [6.45, 7) is 0. The molecule has 45 heavy (non-hydrogen) atoms. The molecule has 0 aliphatic heterocycles. The van der Waals surface area contributed by atoms with Crippen molar-refractivity contribution < 1.29 is 4.42 Å². The Morgan fingerprint density at radius 1 is 0.356 bits per heavy atom. The molecule has 0 fully saturated rings. The minimum absolute atomic E-state index is 0.648. The Morgan fingerprint density at radius 2 is 0.911 bits per heavy atom. The third kappa shape index (κ3) is 4.35. The maximum Gasteiger partial charge on any atom is 0.164 e. The molecule has 0 amide bonds. The second kappa shape index (κ2) is 10.2. The van der Waals surface area contributed by atoms with Crippen LogP contribution in [-0.4, -0.2) is 15.0 Å². The van der Waals surface area contributed by atoms with Crippen LogP contribution in [-0.2, 0) is 0 Å². The van der Waals surface area contributed by atoms with Crippen LogP contribution < -0.4 is 0 Å². The van der Waals surface area contributed by atoms with Crippen LogP contribution in [0.4, 0.5) is 0 Å². The standard InChI is InChI=1S/C41H25N3O/c1-3-11-27(12-4-1)39-42-40(28-13-5-2-6-14-28)44-41(43-39)32-21-19-29-24-31(20-18-30(29)25-32)34-16-9-17-35-38(34)37-33-15-8-7-10-26(33)22-23-36(37)45-35/h1-25H. The van der Waals surface area contributed by atoms with Crippen LogP contribution in [0.15, 0.2) is 156 Å². The highest BCUT2D eigenvalue weighted by atomic mass is 16.3. The molecule has 0 saturated heterocycles. The molecule has 0 saturated carbocycles. The van der Waals surface area contributed by atoms with E-state index in [1.54, 1.807) is 0 Å². The molecule has 0 aliphatic carbocycles. The van der Waals surface area contributed by atoms with Crippen molar-refractivity contribution in [3.05, 3.63) is 152 Å². The van der Waals surface area contributed by atoms with Gasteiger partial charge in [-0.15, -0.1) is 0 Å². The predicted molar refractivity (Wildman–Crippen MR) is 184 cm³/mol. The molecule has 210 valence electrons. The molecule has 0 N–H and O–H groups in total. The van der Waals surface area contributed by atoms with Crippen LogP contribution >= 0.6 is 0 Å². The summed E-state index contributed by atoms with van der Waals surface area (Å²) in [6.07, 6.45) is 0. The molecule has 9 rings (SSSR count). The van der Waals surface area contributed by atoms with E-state index in [1.165, 1.54) is 10.8 Å². The van der Waals surface area contributed by atoms with Gasteiger partial charge in [0.2, 0.25) is 0 Å².